The number of carboxylic acids is 1. The highest BCUT2D eigenvalue weighted by atomic mass is 79.9. The van der Waals surface area contributed by atoms with Gasteiger partial charge in [0.25, 0.3) is 0 Å². The van der Waals surface area contributed by atoms with Gasteiger partial charge >= 0.3 is 5.97 Å². The van der Waals surface area contributed by atoms with Crippen LogP contribution in [-0.2, 0) is 11.3 Å². The third kappa shape index (κ3) is 4.15. The van der Waals surface area contributed by atoms with Gasteiger partial charge in [-0.05, 0) is 31.0 Å². The van der Waals surface area contributed by atoms with Crippen molar-refractivity contribution in [1.82, 2.24) is 4.90 Å². The van der Waals surface area contributed by atoms with E-state index in [1.54, 1.807) is 23.7 Å². The summed E-state index contributed by atoms with van der Waals surface area (Å²) < 4.78 is 1.04. The van der Waals surface area contributed by atoms with Gasteiger partial charge in [0.15, 0.2) is 0 Å². The normalized spacial score (nSPS) is 10.8. The van der Waals surface area contributed by atoms with Crippen LogP contribution in [0.3, 0.4) is 0 Å². The van der Waals surface area contributed by atoms with Crippen LogP contribution in [-0.4, -0.2) is 35.8 Å². The second-order valence-corrected chi connectivity index (χ2v) is 5.29. The van der Waals surface area contributed by atoms with E-state index in [0.29, 0.717) is 6.54 Å². The molecule has 1 N–H and O–H groups in total. The number of carbonyl (C=O) groups is 1. The monoisotopic (exact) mass is 303 g/mol. The van der Waals surface area contributed by atoms with E-state index in [-0.39, 0.29) is 6.54 Å². The molecule has 88 valence electrons. The number of hydrogen-bond donors (Lipinski definition) is 1. The van der Waals surface area contributed by atoms with Crippen LogP contribution in [0, 0.1) is 0 Å². The number of hydrogen-bond acceptors (Lipinski definition) is 3. The fourth-order valence-electron chi connectivity index (χ4n) is 1.43. The molecule has 0 bridgehead atoms. The Morgan fingerprint density at radius 1 is 1.56 bits per heavy atom. The molecule has 3 nitrogen and oxygen atoms in total. The molecule has 0 spiro atoms. The van der Waals surface area contributed by atoms with Crippen molar-refractivity contribution in [2.24, 2.45) is 0 Å². The molecule has 1 aromatic rings. The Balaban J connectivity index is 2.76. The Morgan fingerprint density at radius 2 is 2.25 bits per heavy atom. The van der Waals surface area contributed by atoms with Crippen LogP contribution in [0.4, 0.5) is 0 Å². The smallest absolute Gasteiger partial charge is 0.317 e. The maximum Gasteiger partial charge on any atom is 0.317 e. The molecule has 0 fully saturated rings. The molecule has 0 aliphatic carbocycles. The number of rotatable bonds is 5. The van der Waals surface area contributed by atoms with E-state index in [4.69, 9.17) is 5.11 Å². The lowest BCUT2D eigenvalue weighted by Gasteiger charge is -2.16. The van der Waals surface area contributed by atoms with Crippen LogP contribution in [0.2, 0.25) is 0 Å². The minimum atomic E-state index is -0.801. The molecule has 0 radical (unpaired) electrons. The summed E-state index contributed by atoms with van der Waals surface area (Å²) in [7, 11) is 1.81. The summed E-state index contributed by atoms with van der Waals surface area (Å²) in [5, 5.41) is 8.68. The van der Waals surface area contributed by atoms with Crippen molar-refractivity contribution < 1.29 is 9.90 Å². The highest BCUT2D eigenvalue weighted by Gasteiger charge is 2.08. The van der Waals surface area contributed by atoms with E-state index in [0.717, 1.165) is 10.0 Å². The summed E-state index contributed by atoms with van der Waals surface area (Å²) in [6.45, 7) is 0.708. The quantitative estimate of drug-likeness (QED) is 0.849. The highest BCUT2D eigenvalue weighted by Crippen LogP contribution is 2.25. The molecule has 0 aliphatic heterocycles. The van der Waals surface area contributed by atoms with E-state index in [1.807, 2.05) is 18.4 Å². The van der Waals surface area contributed by atoms with Gasteiger partial charge in [-0.1, -0.05) is 22.0 Å². The van der Waals surface area contributed by atoms with E-state index >= 15 is 0 Å². The van der Waals surface area contributed by atoms with Gasteiger partial charge in [-0.25, -0.2) is 0 Å². The summed E-state index contributed by atoms with van der Waals surface area (Å²) in [6, 6.07) is 6.05. The summed E-state index contributed by atoms with van der Waals surface area (Å²) in [4.78, 5) is 13.5. The van der Waals surface area contributed by atoms with Gasteiger partial charge in [0.2, 0.25) is 0 Å². The van der Waals surface area contributed by atoms with Crippen LogP contribution in [0.1, 0.15) is 5.56 Å². The summed E-state index contributed by atoms with van der Waals surface area (Å²) >= 11 is 5.09. The maximum atomic E-state index is 10.6. The van der Waals surface area contributed by atoms with Crippen LogP contribution in [0.25, 0.3) is 0 Å². The number of nitrogens with zero attached hydrogens (tertiary/aromatic N) is 1. The molecular formula is C11H14BrNO2S. The predicted molar refractivity (Wildman–Crippen MR) is 69.9 cm³/mol. The largest absolute Gasteiger partial charge is 0.480 e. The highest BCUT2D eigenvalue weighted by molar-refractivity contribution is 9.10. The molecule has 1 aromatic carbocycles. The Hall–Kier alpha value is -0.520. The zero-order chi connectivity index (χ0) is 12.1. The zero-order valence-electron chi connectivity index (χ0n) is 9.24. The van der Waals surface area contributed by atoms with Crippen molar-refractivity contribution in [2.75, 3.05) is 19.8 Å². The number of aliphatic carboxylic acids is 1. The second-order valence-electron chi connectivity index (χ2n) is 3.52. The number of carboxylic acid groups (broad SMARTS) is 1. The predicted octanol–water partition coefficient (Wildman–Crippen LogP) is 2.69. The van der Waals surface area contributed by atoms with Crippen molar-refractivity contribution in [3.05, 3.63) is 28.2 Å². The number of likely N-dealkylation sites (N-methyl/N-ethyl adjacent to an activating group) is 1. The molecule has 0 unspecified atom stereocenters. The first-order chi connectivity index (χ1) is 7.52. The van der Waals surface area contributed by atoms with Gasteiger partial charge in [-0.3, -0.25) is 9.69 Å². The van der Waals surface area contributed by atoms with E-state index < -0.39 is 5.97 Å². The third-order valence-electron chi connectivity index (χ3n) is 2.09. The Bertz CT molecular complexity index is 384. The first-order valence-electron chi connectivity index (χ1n) is 4.75. The molecular weight excluding hydrogens is 290 g/mol. The van der Waals surface area contributed by atoms with E-state index in [1.165, 1.54) is 4.90 Å². The molecule has 1 rings (SSSR count). The molecule has 0 aliphatic rings. The van der Waals surface area contributed by atoms with Gasteiger partial charge in [0.05, 0.1) is 6.54 Å². The minimum absolute atomic E-state index is 0.0594. The van der Waals surface area contributed by atoms with Crippen molar-refractivity contribution in [3.8, 4) is 0 Å². The van der Waals surface area contributed by atoms with Crippen LogP contribution in [0.15, 0.2) is 27.6 Å². The summed E-state index contributed by atoms with van der Waals surface area (Å²) in [5.41, 5.74) is 1.15. The molecule has 0 saturated carbocycles. The second kappa shape index (κ2) is 6.27. The Labute approximate surface area is 108 Å². The zero-order valence-corrected chi connectivity index (χ0v) is 11.6. The topological polar surface area (TPSA) is 40.5 Å². The molecule has 16 heavy (non-hydrogen) atoms. The molecule has 0 heterocycles. The van der Waals surface area contributed by atoms with Crippen LogP contribution < -0.4 is 0 Å². The number of halogens is 1. The molecule has 0 amide bonds. The average Bonchev–Trinajstić information content (AvgIpc) is 2.19. The number of benzene rings is 1. The van der Waals surface area contributed by atoms with Gasteiger partial charge in [0, 0.05) is 15.9 Å². The third-order valence-corrected chi connectivity index (χ3v) is 3.41. The van der Waals surface area contributed by atoms with E-state index in [2.05, 4.69) is 22.0 Å². The average molecular weight is 304 g/mol. The SMILES string of the molecule is CSc1cc(Br)ccc1CN(C)CC(=O)O. The summed E-state index contributed by atoms with van der Waals surface area (Å²) in [6.07, 6.45) is 2.02. The standard InChI is InChI=1S/C11H14BrNO2S/c1-13(7-11(14)15)6-8-3-4-9(12)5-10(8)16-2/h3-5H,6-7H2,1-2H3,(H,14,15). The molecule has 0 aromatic heterocycles. The van der Waals surface area contributed by atoms with Gasteiger partial charge < -0.3 is 5.11 Å². The fraction of sp³-hybridized carbons (Fsp3) is 0.364. The first kappa shape index (κ1) is 13.5. The van der Waals surface area contributed by atoms with Gasteiger partial charge in [-0.15, -0.1) is 11.8 Å². The van der Waals surface area contributed by atoms with Crippen molar-refractivity contribution in [1.29, 1.82) is 0 Å². The minimum Gasteiger partial charge on any atom is -0.480 e. The fourth-order valence-corrected chi connectivity index (χ4v) is 2.58. The van der Waals surface area contributed by atoms with Crippen molar-refractivity contribution >= 4 is 33.7 Å². The van der Waals surface area contributed by atoms with Crippen molar-refractivity contribution in [3.63, 3.8) is 0 Å². The van der Waals surface area contributed by atoms with Crippen LogP contribution >= 0.6 is 27.7 Å². The Morgan fingerprint density at radius 3 is 2.81 bits per heavy atom. The maximum absolute atomic E-state index is 10.6. The lowest BCUT2D eigenvalue weighted by atomic mass is 10.2. The van der Waals surface area contributed by atoms with Crippen molar-refractivity contribution in [2.45, 2.75) is 11.4 Å². The molecule has 0 saturated heterocycles. The van der Waals surface area contributed by atoms with Crippen LogP contribution in [0.5, 0.6) is 0 Å². The van der Waals surface area contributed by atoms with Gasteiger partial charge in [-0.2, -0.15) is 0 Å². The van der Waals surface area contributed by atoms with Gasteiger partial charge in [0.1, 0.15) is 0 Å². The number of thioether (sulfide) groups is 1. The Kier molecular flexibility index (Phi) is 5.31. The summed E-state index contributed by atoms with van der Waals surface area (Å²) in [5.74, 6) is -0.801. The van der Waals surface area contributed by atoms with E-state index in [9.17, 15) is 4.79 Å². The molecule has 0 atom stereocenters. The lowest BCUT2D eigenvalue weighted by Crippen LogP contribution is -2.25. The lowest BCUT2D eigenvalue weighted by molar-refractivity contribution is -0.138. The molecule has 5 heteroatoms. The first-order valence-corrected chi connectivity index (χ1v) is 6.77.